The molecule has 0 radical (unpaired) electrons. The maximum atomic E-state index is 12.7. The molecule has 132 valence electrons. The number of piperidine rings is 1. The number of ether oxygens (including phenoxy) is 1. The first-order chi connectivity index (χ1) is 11.5. The predicted molar refractivity (Wildman–Crippen MR) is 86.1 cm³/mol. The van der Waals surface area contributed by atoms with E-state index in [0.29, 0.717) is 38.5 Å². The molecule has 0 aliphatic carbocycles. The van der Waals surface area contributed by atoms with E-state index in [0.717, 1.165) is 12.2 Å². The summed E-state index contributed by atoms with van der Waals surface area (Å²) in [6, 6.07) is 0. The summed E-state index contributed by atoms with van der Waals surface area (Å²) in [5.41, 5.74) is 0. The Balaban J connectivity index is 1.64. The molecule has 8 nitrogen and oxygen atoms in total. The van der Waals surface area contributed by atoms with Gasteiger partial charge in [0.1, 0.15) is 6.10 Å². The molecule has 3 heterocycles. The van der Waals surface area contributed by atoms with Crippen molar-refractivity contribution in [3.05, 3.63) is 11.6 Å². The molecule has 3 rings (SSSR count). The zero-order valence-electron chi connectivity index (χ0n) is 14.5. The molecule has 1 aromatic heterocycles. The fourth-order valence-electron chi connectivity index (χ4n) is 3.12. The first-order valence-electron chi connectivity index (χ1n) is 8.52. The molecule has 2 atom stereocenters. The van der Waals surface area contributed by atoms with Gasteiger partial charge in [0.2, 0.25) is 11.8 Å². The van der Waals surface area contributed by atoms with Crippen molar-refractivity contribution >= 4 is 11.8 Å². The van der Waals surface area contributed by atoms with Crippen LogP contribution in [0.4, 0.5) is 0 Å². The van der Waals surface area contributed by atoms with Crippen LogP contribution in [0.25, 0.3) is 0 Å². The van der Waals surface area contributed by atoms with Crippen molar-refractivity contribution in [3.63, 3.8) is 0 Å². The molecule has 1 N–H and O–H groups in total. The van der Waals surface area contributed by atoms with Crippen molar-refractivity contribution in [2.45, 2.75) is 38.7 Å². The number of hydrogen-bond acceptors (Lipinski definition) is 5. The summed E-state index contributed by atoms with van der Waals surface area (Å²) in [7, 11) is 1.78. The second-order valence-electron chi connectivity index (χ2n) is 6.88. The Kier molecular flexibility index (Phi) is 4.84. The number of aromatic nitrogens is 3. The second-order valence-corrected chi connectivity index (χ2v) is 6.88. The highest BCUT2D eigenvalue weighted by molar-refractivity contribution is 5.87. The zero-order chi connectivity index (χ0) is 17.3. The van der Waals surface area contributed by atoms with Crippen LogP contribution in [0, 0.1) is 5.92 Å². The zero-order valence-corrected chi connectivity index (χ0v) is 14.5. The summed E-state index contributed by atoms with van der Waals surface area (Å²) in [6.07, 6.45) is 0.740. The minimum Gasteiger partial charge on any atom is -0.367 e. The Morgan fingerprint density at radius 2 is 2.17 bits per heavy atom. The Morgan fingerprint density at radius 1 is 1.38 bits per heavy atom. The van der Waals surface area contributed by atoms with Crippen LogP contribution in [0.2, 0.25) is 0 Å². The van der Waals surface area contributed by atoms with Gasteiger partial charge < -0.3 is 14.5 Å². The molecule has 0 bridgehead atoms. The Morgan fingerprint density at radius 3 is 2.83 bits per heavy atom. The third-order valence-corrected chi connectivity index (χ3v) is 4.73. The standard InChI is InChI=1S/C16H25N5O3/c1-10(2)14-17-15(19-18-14)12-9-21(6-7-24-12)16(23)11-4-5-20(3)13(22)8-11/h10-12H,4-9H2,1-3H3,(H,17,18,19)/t11-,12+/m1/s1. The van der Waals surface area contributed by atoms with Crippen molar-refractivity contribution in [1.29, 1.82) is 0 Å². The van der Waals surface area contributed by atoms with E-state index >= 15 is 0 Å². The van der Waals surface area contributed by atoms with E-state index in [4.69, 9.17) is 4.74 Å². The number of nitrogens with zero attached hydrogens (tertiary/aromatic N) is 4. The molecule has 24 heavy (non-hydrogen) atoms. The summed E-state index contributed by atoms with van der Waals surface area (Å²) in [5, 5.41) is 7.12. The predicted octanol–water partition coefficient (Wildman–Crippen LogP) is 0.696. The molecule has 0 spiro atoms. The molecule has 8 heteroatoms. The molecule has 1 aromatic rings. The summed E-state index contributed by atoms with van der Waals surface area (Å²) in [6.45, 7) is 6.17. The van der Waals surface area contributed by atoms with Gasteiger partial charge in [0.15, 0.2) is 11.6 Å². The van der Waals surface area contributed by atoms with Crippen LogP contribution < -0.4 is 0 Å². The van der Waals surface area contributed by atoms with E-state index in [1.54, 1.807) is 16.8 Å². The molecular formula is C16H25N5O3. The molecule has 2 aliphatic rings. The number of likely N-dealkylation sites (tertiary alicyclic amines) is 1. The van der Waals surface area contributed by atoms with Crippen molar-refractivity contribution in [1.82, 2.24) is 25.0 Å². The summed E-state index contributed by atoms with van der Waals surface area (Å²) >= 11 is 0. The number of H-pyrrole nitrogens is 1. The van der Waals surface area contributed by atoms with Crippen LogP contribution in [-0.2, 0) is 14.3 Å². The summed E-state index contributed by atoms with van der Waals surface area (Å²) in [4.78, 5) is 32.6. The second kappa shape index (κ2) is 6.88. The van der Waals surface area contributed by atoms with Gasteiger partial charge >= 0.3 is 0 Å². The van der Waals surface area contributed by atoms with E-state index in [-0.39, 0.29) is 29.8 Å². The normalized spacial score (nSPS) is 25.4. The van der Waals surface area contributed by atoms with Crippen LogP contribution >= 0.6 is 0 Å². The maximum absolute atomic E-state index is 12.7. The molecule has 2 amide bonds. The van der Waals surface area contributed by atoms with Crippen LogP contribution in [0.1, 0.15) is 50.4 Å². The van der Waals surface area contributed by atoms with E-state index in [9.17, 15) is 9.59 Å². The van der Waals surface area contributed by atoms with Gasteiger partial charge in [-0.3, -0.25) is 14.7 Å². The largest absolute Gasteiger partial charge is 0.367 e. The number of morpholine rings is 1. The molecule has 0 unspecified atom stereocenters. The smallest absolute Gasteiger partial charge is 0.226 e. The average Bonchev–Trinajstić information content (AvgIpc) is 3.07. The third-order valence-electron chi connectivity index (χ3n) is 4.73. The van der Waals surface area contributed by atoms with Gasteiger partial charge in [0.25, 0.3) is 0 Å². The Bertz CT molecular complexity index is 615. The van der Waals surface area contributed by atoms with Gasteiger partial charge in [-0.05, 0) is 6.42 Å². The van der Waals surface area contributed by atoms with Gasteiger partial charge in [0.05, 0.1) is 13.2 Å². The minimum absolute atomic E-state index is 0.0428. The van der Waals surface area contributed by atoms with Gasteiger partial charge in [0, 0.05) is 38.4 Å². The van der Waals surface area contributed by atoms with Crippen LogP contribution in [-0.4, -0.2) is 70.1 Å². The maximum Gasteiger partial charge on any atom is 0.226 e. The highest BCUT2D eigenvalue weighted by atomic mass is 16.5. The highest BCUT2D eigenvalue weighted by Gasteiger charge is 2.35. The first-order valence-corrected chi connectivity index (χ1v) is 8.52. The van der Waals surface area contributed by atoms with Crippen LogP contribution in [0.15, 0.2) is 0 Å². The van der Waals surface area contributed by atoms with Gasteiger partial charge in [-0.25, -0.2) is 4.98 Å². The van der Waals surface area contributed by atoms with Gasteiger partial charge in [-0.1, -0.05) is 13.8 Å². The van der Waals surface area contributed by atoms with Crippen molar-refractivity contribution in [3.8, 4) is 0 Å². The van der Waals surface area contributed by atoms with Crippen molar-refractivity contribution in [2.75, 3.05) is 33.3 Å². The van der Waals surface area contributed by atoms with Crippen molar-refractivity contribution in [2.24, 2.45) is 5.92 Å². The van der Waals surface area contributed by atoms with Crippen LogP contribution in [0.3, 0.4) is 0 Å². The molecule has 2 aliphatic heterocycles. The lowest BCUT2D eigenvalue weighted by atomic mass is 9.94. The average molecular weight is 335 g/mol. The van der Waals surface area contributed by atoms with E-state index in [1.807, 2.05) is 13.8 Å². The minimum atomic E-state index is -0.287. The number of carbonyl (C=O) groups excluding carboxylic acids is 2. The van der Waals surface area contributed by atoms with Gasteiger partial charge in [-0.2, -0.15) is 5.10 Å². The lowest BCUT2D eigenvalue weighted by Gasteiger charge is -2.36. The quantitative estimate of drug-likeness (QED) is 0.878. The number of rotatable bonds is 3. The van der Waals surface area contributed by atoms with E-state index in [1.165, 1.54) is 0 Å². The number of nitrogens with one attached hydrogen (secondary N) is 1. The van der Waals surface area contributed by atoms with E-state index in [2.05, 4.69) is 15.2 Å². The van der Waals surface area contributed by atoms with Crippen LogP contribution in [0.5, 0.6) is 0 Å². The number of carbonyl (C=O) groups is 2. The number of amides is 2. The lowest BCUT2D eigenvalue weighted by molar-refractivity contribution is -0.149. The molecular weight excluding hydrogens is 310 g/mol. The van der Waals surface area contributed by atoms with E-state index < -0.39 is 0 Å². The topological polar surface area (TPSA) is 91.4 Å². The van der Waals surface area contributed by atoms with Crippen molar-refractivity contribution < 1.29 is 14.3 Å². The summed E-state index contributed by atoms with van der Waals surface area (Å²) in [5.74, 6) is 1.53. The molecule has 2 fully saturated rings. The Hall–Kier alpha value is -1.96. The number of aromatic amines is 1. The van der Waals surface area contributed by atoms with Gasteiger partial charge in [-0.15, -0.1) is 0 Å². The fraction of sp³-hybridized carbons (Fsp3) is 0.750. The monoisotopic (exact) mass is 335 g/mol. The highest BCUT2D eigenvalue weighted by Crippen LogP contribution is 2.25. The first kappa shape index (κ1) is 16.9. The summed E-state index contributed by atoms with van der Waals surface area (Å²) < 4.78 is 5.76. The molecule has 2 saturated heterocycles. The Labute approximate surface area is 141 Å². The number of hydrogen-bond donors (Lipinski definition) is 1. The third kappa shape index (κ3) is 3.43. The molecule has 0 aromatic carbocycles. The molecule has 0 saturated carbocycles. The fourth-order valence-corrected chi connectivity index (χ4v) is 3.12. The lowest BCUT2D eigenvalue weighted by Crippen LogP contribution is -2.48. The SMILES string of the molecule is CC(C)c1n[nH]c([C@@H]2CN(C(=O)[C@@H]3CCN(C)C(=O)C3)CCO2)n1.